The van der Waals surface area contributed by atoms with E-state index in [9.17, 15) is 0 Å². The maximum absolute atomic E-state index is 4.48. The van der Waals surface area contributed by atoms with Crippen LogP contribution >= 0.6 is 68.7 Å². The number of aromatic amines is 1. The van der Waals surface area contributed by atoms with E-state index in [-0.39, 0.29) is 0 Å². The molecule has 4 nitrogen and oxygen atoms in total. The Hall–Kier alpha value is -0.850. The van der Waals surface area contributed by atoms with Crippen molar-refractivity contribution in [3.63, 3.8) is 0 Å². The molecule has 0 fully saturated rings. The fraction of sp³-hybridized carbons (Fsp3) is 0.105. The van der Waals surface area contributed by atoms with Crippen molar-refractivity contribution in [2.45, 2.75) is 21.6 Å². The van der Waals surface area contributed by atoms with Gasteiger partial charge in [0.25, 0.3) is 0 Å². The number of hydrogen-bond donors (Lipinski definition) is 1. The number of rotatable bonds is 6. The molecule has 0 spiro atoms. The molecule has 0 aliphatic rings. The molecule has 0 aliphatic carbocycles. The van der Waals surface area contributed by atoms with Crippen molar-refractivity contribution in [3.8, 4) is 0 Å². The molecule has 4 aromatic rings. The molecule has 2 aromatic heterocycles. The van der Waals surface area contributed by atoms with Gasteiger partial charge in [-0.25, -0.2) is 4.98 Å². The minimum absolute atomic E-state index is 0.850. The second-order valence-corrected chi connectivity index (χ2v) is 10.2. The molecule has 8 heteroatoms. The van der Waals surface area contributed by atoms with Crippen molar-refractivity contribution in [2.24, 2.45) is 0 Å². The van der Waals surface area contributed by atoms with Crippen molar-refractivity contribution in [1.29, 1.82) is 0 Å². The van der Waals surface area contributed by atoms with Crippen molar-refractivity contribution < 1.29 is 0 Å². The van der Waals surface area contributed by atoms with Gasteiger partial charge >= 0.3 is 0 Å². The highest BCUT2D eigenvalue weighted by Gasteiger charge is 2.13. The Morgan fingerprint density at radius 2 is 1.26 bits per heavy atom. The van der Waals surface area contributed by atoms with Crippen LogP contribution in [0.4, 0.5) is 0 Å². The third-order valence-corrected chi connectivity index (χ3v) is 7.37. The fourth-order valence-corrected chi connectivity index (χ4v) is 4.97. The van der Waals surface area contributed by atoms with E-state index in [2.05, 4.69) is 114 Å². The number of thioether (sulfide) groups is 2. The van der Waals surface area contributed by atoms with E-state index in [4.69, 9.17) is 0 Å². The summed E-state index contributed by atoms with van der Waals surface area (Å²) >= 11 is 7.99. The monoisotopic (exact) mass is 616 g/mol. The van der Waals surface area contributed by atoms with Gasteiger partial charge in [-0.15, -0.1) is 10.2 Å². The molecular weight excluding hydrogens is 602 g/mol. The number of nitrogens with zero attached hydrogens (tertiary/aromatic N) is 3. The van der Waals surface area contributed by atoms with Gasteiger partial charge in [0.2, 0.25) is 0 Å². The van der Waals surface area contributed by atoms with Gasteiger partial charge in [0, 0.05) is 18.6 Å². The highest BCUT2D eigenvalue weighted by Crippen LogP contribution is 2.32. The van der Waals surface area contributed by atoms with Gasteiger partial charge in [-0.3, -0.25) is 0 Å². The van der Waals surface area contributed by atoms with Gasteiger partial charge in [-0.2, -0.15) is 0 Å². The molecule has 2 aromatic carbocycles. The number of nitrogens with one attached hydrogen (secondary N) is 1. The van der Waals surface area contributed by atoms with Gasteiger partial charge in [0.15, 0.2) is 0 Å². The van der Waals surface area contributed by atoms with Crippen LogP contribution in [0.15, 0.2) is 64.9 Å². The van der Waals surface area contributed by atoms with Crippen LogP contribution in [0.3, 0.4) is 0 Å². The summed E-state index contributed by atoms with van der Waals surface area (Å²) in [7, 11) is 0. The number of hydrogen-bond acceptors (Lipinski definition) is 5. The van der Waals surface area contributed by atoms with Gasteiger partial charge in [0.1, 0.15) is 21.1 Å². The maximum Gasteiger partial charge on any atom is 0.147 e. The van der Waals surface area contributed by atoms with E-state index in [1.807, 2.05) is 0 Å². The third-order valence-electron chi connectivity index (χ3n) is 3.87. The van der Waals surface area contributed by atoms with Crippen molar-refractivity contribution in [1.82, 2.24) is 20.2 Å². The molecule has 4 rings (SSSR count). The first-order valence-corrected chi connectivity index (χ1v) is 12.3. The number of imidazole rings is 1. The molecule has 0 unspecified atom stereocenters. The zero-order valence-corrected chi connectivity index (χ0v) is 20.0. The second-order valence-electron chi connectivity index (χ2n) is 5.77. The zero-order valence-electron chi connectivity index (χ0n) is 14.0. The lowest BCUT2D eigenvalue weighted by Crippen LogP contribution is -1.93. The molecule has 0 bridgehead atoms. The molecule has 136 valence electrons. The average Bonchev–Trinajstić information content (AvgIpc) is 3.18. The van der Waals surface area contributed by atoms with Crippen LogP contribution in [-0.2, 0) is 11.5 Å². The van der Waals surface area contributed by atoms with Crippen LogP contribution in [0.1, 0.15) is 11.1 Å². The first kappa shape index (κ1) is 19.5. The Kier molecular flexibility index (Phi) is 6.56. The molecule has 0 aliphatic heterocycles. The van der Waals surface area contributed by atoms with Crippen molar-refractivity contribution >= 4 is 79.7 Å². The number of halogens is 2. The van der Waals surface area contributed by atoms with Crippen LogP contribution in [-0.4, -0.2) is 20.2 Å². The Balaban J connectivity index is 1.49. The van der Waals surface area contributed by atoms with Crippen LogP contribution in [0.2, 0.25) is 0 Å². The van der Waals surface area contributed by atoms with Gasteiger partial charge in [-0.05, 0) is 80.6 Å². The van der Waals surface area contributed by atoms with Crippen LogP contribution < -0.4 is 0 Å². The third kappa shape index (κ3) is 4.96. The summed E-state index contributed by atoms with van der Waals surface area (Å²) in [5.41, 5.74) is 4.39. The second kappa shape index (κ2) is 9.10. The smallest absolute Gasteiger partial charge is 0.147 e. The van der Waals surface area contributed by atoms with Crippen molar-refractivity contribution in [3.05, 3.63) is 73.1 Å². The molecule has 0 radical (unpaired) electrons. The summed E-state index contributed by atoms with van der Waals surface area (Å²) in [4.78, 5) is 7.71. The van der Waals surface area contributed by atoms with Crippen molar-refractivity contribution in [2.75, 3.05) is 0 Å². The van der Waals surface area contributed by atoms with E-state index >= 15 is 0 Å². The van der Waals surface area contributed by atoms with Crippen LogP contribution in [0.25, 0.3) is 11.0 Å². The Bertz CT molecular complexity index is 966. The summed E-state index contributed by atoms with van der Waals surface area (Å²) in [6, 6.07) is 17.1. The van der Waals surface area contributed by atoms with E-state index in [0.29, 0.717) is 0 Å². The Morgan fingerprint density at radius 3 is 1.85 bits per heavy atom. The summed E-state index contributed by atoms with van der Waals surface area (Å²) in [6.45, 7) is 0. The van der Waals surface area contributed by atoms with Gasteiger partial charge in [-0.1, -0.05) is 47.8 Å². The predicted molar refractivity (Wildman–Crippen MR) is 129 cm³/mol. The normalized spacial score (nSPS) is 11.2. The number of benzene rings is 2. The predicted octanol–water partition coefficient (Wildman–Crippen LogP) is 6.15. The van der Waals surface area contributed by atoms with E-state index < -0.39 is 0 Å². The molecule has 0 saturated carbocycles. The number of H-pyrrole nitrogens is 1. The molecule has 0 atom stereocenters. The molecule has 1 N–H and O–H groups in total. The summed E-state index contributed by atoms with van der Waals surface area (Å²) in [5, 5.41) is 10.7. The SMILES string of the molecule is Ic1ccc(CSc2nnc(SCc3ccc(I)cc3)c3[nH]cnc23)cc1. The maximum atomic E-state index is 4.48. The minimum atomic E-state index is 0.850. The summed E-state index contributed by atoms with van der Waals surface area (Å²) in [6.07, 6.45) is 1.72. The lowest BCUT2D eigenvalue weighted by Gasteiger charge is -2.06. The summed E-state index contributed by atoms with van der Waals surface area (Å²) < 4.78 is 2.48. The average molecular weight is 616 g/mol. The molecule has 2 heterocycles. The molecule has 0 saturated heterocycles. The van der Waals surface area contributed by atoms with E-state index in [1.54, 1.807) is 29.9 Å². The largest absolute Gasteiger partial charge is 0.342 e. The fourth-order valence-electron chi connectivity index (χ4n) is 2.47. The van der Waals surface area contributed by atoms with Crippen LogP contribution in [0.5, 0.6) is 0 Å². The Labute approximate surface area is 193 Å². The highest BCUT2D eigenvalue weighted by atomic mass is 127. The van der Waals surface area contributed by atoms with Gasteiger partial charge in [0.05, 0.1) is 6.33 Å². The van der Waals surface area contributed by atoms with E-state index in [0.717, 1.165) is 32.6 Å². The van der Waals surface area contributed by atoms with Gasteiger partial charge < -0.3 is 4.98 Å². The topological polar surface area (TPSA) is 54.5 Å². The number of aromatic nitrogens is 4. The lowest BCUT2D eigenvalue weighted by atomic mass is 10.2. The zero-order chi connectivity index (χ0) is 18.6. The lowest BCUT2D eigenvalue weighted by molar-refractivity contribution is 0.879. The molecule has 0 amide bonds. The highest BCUT2D eigenvalue weighted by molar-refractivity contribution is 14.1. The molecular formula is C19H14I2N4S2. The molecule has 27 heavy (non-hydrogen) atoms. The standard InChI is InChI=1S/C19H14I2N4S2/c20-14-5-1-12(2-6-14)9-26-18-16-17(23-11-22-16)19(25-24-18)27-10-13-3-7-15(21)8-4-13/h1-8,11H,9-10H2,(H,22,23). The first-order valence-electron chi connectivity index (χ1n) is 8.13. The number of fused-ring (bicyclic) bond motifs is 1. The Morgan fingerprint density at radius 1 is 0.741 bits per heavy atom. The summed E-state index contributed by atoms with van der Waals surface area (Å²) in [5.74, 6) is 1.71. The van der Waals surface area contributed by atoms with E-state index in [1.165, 1.54) is 18.3 Å². The first-order chi connectivity index (χ1) is 13.2. The van der Waals surface area contributed by atoms with Crippen LogP contribution in [0, 0.1) is 7.14 Å². The quantitative estimate of drug-likeness (QED) is 0.208. The minimum Gasteiger partial charge on any atom is -0.342 e.